The first-order chi connectivity index (χ1) is 7.78. The fraction of sp³-hybridized carbons (Fsp3) is 0.500. The average Bonchev–Trinajstić information content (AvgIpc) is 3.09. The maximum Gasteiger partial charge on any atom is 0.0684 e. The molecule has 1 aliphatic carbocycles. The van der Waals surface area contributed by atoms with Crippen molar-refractivity contribution in [2.75, 3.05) is 7.11 Å². The molecule has 0 radical (unpaired) electrons. The summed E-state index contributed by atoms with van der Waals surface area (Å²) in [5.41, 5.74) is 2.62. The summed E-state index contributed by atoms with van der Waals surface area (Å²) in [4.78, 5) is 0. The summed E-state index contributed by atoms with van der Waals surface area (Å²) in [6.07, 6.45) is 5.09. The molecule has 0 amide bonds. The third-order valence-corrected chi connectivity index (χ3v) is 3.42. The van der Waals surface area contributed by atoms with E-state index in [0.717, 1.165) is 18.4 Å². The lowest BCUT2D eigenvalue weighted by atomic mass is 10.0. The van der Waals surface area contributed by atoms with Crippen molar-refractivity contribution in [3.63, 3.8) is 0 Å². The zero-order valence-corrected chi connectivity index (χ0v) is 9.70. The molecule has 1 fully saturated rings. The summed E-state index contributed by atoms with van der Waals surface area (Å²) in [5, 5.41) is 8.57. The minimum atomic E-state index is 0.186. The molecular formula is C14H17NO. The zero-order chi connectivity index (χ0) is 11.4. The van der Waals surface area contributed by atoms with Gasteiger partial charge in [-0.15, -0.1) is 0 Å². The fourth-order valence-electron chi connectivity index (χ4n) is 1.98. The highest BCUT2D eigenvalue weighted by Gasteiger charge is 2.42. The standard InChI is InChI=1S/C14H17NO/c1-16-14(9-10-14)8-6-12-2-4-13(5-3-12)7-11-15/h2-5H,6-10H2,1H3. The van der Waals surface area contributed by atoms with Crippen LogP contribution in [0.15, 0.2) is 24.3 Å². The van der Waals surface area contributed by atoms with Gasteiger partial charge in [-0.3, -0.25) is 0 Å². The molecule has 2 heteroatoms. The normalized spacial score (nSPS) is 16.8. The van der Waals surface area contributed by atoms with Gasteiger partial charge in [0.15, 0.2) is 0 Å². The van der Waals surface area contributed by atoms with Crippen LogP contribution in [0, 0.1) is 11.3 Å². The van der Waals surface area contributed by atoms with Crippen molar-refractivity contribution >= 4 is 0 Å². The van der Waals surface area contributed by atoms with Crippen molar-refractivity contribution in [1.82, 2.24) is 0 Å². The highest BCUT2D eigenvalue weighted by Crippen LogP contribution is 2.42. The number of rotatable bonds is 5. The highest BCUT2D eigenvalue weighted by molar-refractivity contribution is 5.25. The second-order valence-electron chi connectivity index (χ2n) is 4.54. The summed E-state index contributed by atoms with van der Waals surface area (Å²) in [5.74, 6) is 0. The van der Waals surface area contributed by atoms with Crippen LogP contribution in [0.1, 0.15) is 30.4 Å². The van der Waals surface area contributed by atoms with Crippen molar-refractivity contribution in [3.8, 4) is 6.07 Å². The maximum atomic E-state index is 8.57. The first-order valence-electron chi connectivity index (χ1n) is 5.78. The Balaban J connectivity index is 1.88. The van der Waals surface area contributed by atoms with E-state index >= 15 is 0 Å². The van der Waals surface area contributed by atoms with E-state index in [0.29, 0.717) is 6.42 Å². The van der Waals surface area contributed by atoms with Crippen LogP contribution >= 0.6 is 0 Å². The second kappa shape index (κ2) is 4.67. The van der Waals surface area contributed by atoms with E-state index in [1.807, 2.05) is 19.2 Å². The predicted octanol–water partition coefficient (Wildman–Crippen LogP) is 2.86. The van der Waals surface area contributed by atoms with Crippen LogP contribution in [0.3, 0.4) is 0 Å². The predicted molar refractivity (Wildman–Crippen MR) is 63.1 cm³/mol. The molecule has 16 heavy (non-hydrogen) atoms. The number of methoxy groups -OCH3 is 1. The van der Waals surface area contributed by atoms with E-state index < -0.39 is 0 Å². The SMILES string of the molecule is COC1(CCc2ccc(CC#N)cc2)CC1. The molecule has 1 saturated carbocycles. The van der Waals surface area contributed by atoms with Crippen LogP contribution in [0.5, 0.6) is 0 Å². The van der Waals surface area contributed by atoms with Gasteiger partial charge in [0, 0.05) is 7.11 Å². The topological polar surface area (TPSA) is 33.0 Å². The number of ether oxygens (including phenoxy) is 1. The Hall–Kier alpha value is -1.33. The molecule has 84 valence electrons. The summed E-state index contributed by atoms with van der Waals surface area (Å²) < 4.78 is 5.49. The Morgan fingerprint density at radius 1 is 1.25 bits per heavy atom. The van der Waals surface area contributed by atoms with Gasteiger partial charge in [0.2, 0.25) is 0 Å². The monoisotopic (exact) mass is 215 g/mol. The number of hydrogen-bond acceptors (Lipinski definition) is 2. The summed E-state index contributed by atoms with van der Waals surface area (Å²) in [6.45, 7) is 0. The van der Waals surface area contributed by atoms with Crippen LogP contribution in [0.25, 0.3) is 0 Å². The lowest BCUT2D eigenvalue weighted by Gasteiger charge is -2.12. The molecule has 0 heterocycles. The smallest absolute Gasteiger partial charge is 0.0684 e. The quantitative estimate of drug-likeness (QED) is 0.756. The van der Waals surface area contributed by atoms with Crippen molar-refractivity contribution in [1.29, 1.82) is 5.26 Å². The molecule has 0 aliphatic heterocycles. The van der Waals surface area contributed by atoms with Crippen LogP contribution in [0.4, 0.5) is 0 Å². The third kappa shape index (κ3) is 2.62. The number of nitrogens with zero attached hydrogens (tertiary/aromatic N) is 1. The van der Waals surface area contributed by atoms with Gasteiger partial charge >= 0.3 is 0 Å². The molecule has 1 aliphatic rings. The number of nitriles is 1. The van der Waals surface area contributed by atoms with Crippen molar-refractivity contribution in [2.45, 2.75) is 37.7 Å². The van der Waals surface area contributed by atoms with Crippen molar-refractivity contribution in [2.24, 2.45) is 0 Å². The minimum absolute atomic E-state index is 0.186. The molecule has 0 aromatic heterocycles. The van der Waals surface area contributed by atoms with E-state index in [4.69, 9.17) is 10.00 Å². The molecule has 0 atom stereocenters. The summed E-state index contributed by atoms with van der Waals surface area (Å²) in [7, 11) is 1.81. The largest absolute Gasteiger partial charge is 0.378 e. The molecule has 2 nitrogen and oxygen atoms in total. The van der Waals surface area contributed by atoms with Gasteiger partial charge in [0.25, 0.3) is 0 Å². The molecule has 0 N–H and O–H groups in total. The Kier molecular flexibility index (Phi) is 3.26. The molecule has 2 rings (SSSR count). The molecule has 0 unspecified atom stereocenters. The molecule has 0 bridgehead atoms. The molecule has 0 spiro atoms. The second-order valence-corrected chi connectivity index (χ2v) is 4.54. The van der Waals surface area contributed by atoms with Crippen LogP contribution in [0.2, 0.25) is 0 Å². The van der Waals surface area contributed by atoms with E-state index in [1.54, 1.807) is 0 Å². The molecular weight excluding hydrogens is 198 g/mol. The molecule has 0 saturated heterocycles. The van der Waals surface area contributed by atoms with Gasteiger partial charge in [-0.05, 0) is 36.8 Å². The highest BCUT2D eigenvalue weighted by atomic mass is 16.5. The van der Waals surface area contributed by atoms with Crippen molar-refractivity contribution < 1.29 is 4.74 Å². The van der Waals surface area contributed by atoms with Gasteiger partial charge in [-0.2, -0.15) is 5.26 Å². The van der Waals surface area contributed by atoms with E-state index in [-0.39, 0.29) is 5.60 Å². The Morgan fingerprint density at radius 2 is 1.88 bits per heavy atom. The average molecular weight is 215 g/mol. The van der Waals surface area contributed by atoms with E-state index in [1.165, 1.54) is 18.4 Å². The number of benzene rings is 1. The third-order valence-electron chi connectivity index (χ3n) is 3.42. The van der Waals surface area contributed by atoms with Gasteiger partial charge in [0.1, 0.15) is 0 Å². The maximum absolute atomic E-state index is 8.57. The minimum Gasteiger partial charge on any atom is -0.378 e. The molecule has 1 aromatic rings. The summed E-state index contributed by atoms with van der Waals surface area (Å²) in [6, 6.07) is 10.5. The van der Waals surface area contributed by atoms with Crippen molar-refractivity contribution in [3.05, 3.63) is 35.4 Å². The Bertz CT molecular complexity index is 384. The van der Waals surface area contributed by atoms with E-state index in [9.17, 15) is 0 Å². The van der Waals surface area contributed by atoms with Gasteiger partial charge in [0.05, 0.1) is 18.1 Å². The lowest BCUT2D eigenvalue weighted by molar-refractivity contribution is 0.0731. The molecule has 1 aromatic carbocycles. The lowest BCUT2D eigenvalue weighted by Crippen LogP contribution is -2.12. The van der Waals surface area contributed by atoms with Gasteiger partial charge < -0.3 is 4.74 Å². The van der Waals surface area contributed by atoms with Gasteiger partial charge in [-0.1, -0.05) is 24.3 Å². The first-order valence-corrected chi connectivity index (χ1v) is 5.78. The Morgan fingerprint density at radius 3 is 2.38 bits per heavy atom. The van der Waals surface area contributed by atoms with Crippen LogP contribution < -0.4 is 0 Å². The van der Waals surface area contributed by atoms with Crippen LogP contribution in [-0.4, -0.2) is 12.7 Å². The van der Waals surface area contributed by atoms with E-state index in [2.05, 4.69) is 18.2 Å². The number of hydrogen-bond donors (Lipinski definition) is 0. The summed E-state index contributed by atoms with van der Waals surface area (Å²) >= 11 is 0. The fourth-order valence-corrected chi connectivity index (χ4v) is 1.98. The van der Waals surface area contributed by atoms with Crippen LogP contribution in [-0.2, 0) is 17.6 Å². The first kappa shape index (κ1) is 11.2. The van der Waals surface area contributed by atoms with Gasteiger partial charge in [-0.25, -0.2) is 0 Å². The Labute approximate surface area is 96.9 Å². The zero-order valence-electron chi connectivity index (χ0n) is 9.70. The number of aryl methyl sites for hydroxylation is 1.